The number of rotatable bonds is 5. The van der Waals surface area contributed by atoms with Crippen LogP contribution in [0.3, 0.4) is 0 Å². The molecule has 4 heteroatoms. The summed E-state index contributed by atoms with van der Waals surface area (Å²) in [7, 11) is 5.89. The lowest BCUT2D eigenvalue weighted by atomic mass is 10.2. The van der Waals surface area contributed by atoms with Crippen LogP contribution in [0.1, 0.15) is 19.4 Å². The lowest BCUT2D eigenvalue weighted by molar-refractivity contribution is 0.614. The van der Waals surface area contributed by atoms with Gasteiger partial charge in [-0.25, -0.2) is 0 Å². The van der Waals surface area contributed by atoms with Gasteiger partial charge < -0.3 is 15.5 Å². The van der Waals surface area contributed by atoms with Crippen LogP contribution in [-0.2, 0) is 6.54 Å². The average Bonchev–Trinajstić information content (AvgIpc) is 2.39. The number of hydrogen-bond donors (Lipinski definition) is 2. The van der Waals surface area contributed by atoms with Crippen LogP contribution in [0, 0.1) is 5.92 Å². The Labute approximate surface area is 116 Å². The van der Waals surface area contributed by atoms with Crippen molar-refractivity contribution >= 4 is 11.6 Å². The maximum Gasteiger partial charge on any atom is 0.191 e. The molecule has 0 saturated heterocycles. The van der Waals surface area contributed by atoms with Gasteiger partial charge in [-0.15, -0.1) is 0 Å². The third-order valence-electron chi connectivity index (χ3n) is 2.81. The van der Waals surface area contributed by atoms with E-state index in [1.54, 1.807) is 7.05 Å². The smallest absolute Gasteiger partial charge is 0.191 e. The lowest BCUT2D eigenvalue weighted by Crippen LogP contribution is -2.38. The number of nitrogens with zero attached hydrogens (tertiary/aromatic N) is 2. The molecule has 0 aromatic heterocycles. The summed E-state index contributed by atoms with van der Waals surface area (Å²) in [6, 6.07) is 8.53. The summed E-state index contributed by atoms with van der Waals surface area (Å²) in [6.07, 6.45) is 0. The second-order valence-electron chi connectivity index (χ2n) is 5.26. The summed E-state index contributed by atoms with van der Waals surface area (Å²) in [4.78, 5) is 6.30. The number of anilines is 1. The quantitative estimate of drug-likeness (QED) is 0.630. The first-order valence-electron chi connectivity index (χ1n) is 6.73. The Hall–Kier alpha value is -1.71. The Morgan fingerprint density at radius 2 is 1.79 bits per heavy atom. The van der Waals surface area contributed by atoms with Crippen molar-refractivity contribution in [1.82, 2.24) is 10.6 Å². The largest absolute Gasteiger partial charge is 0.378 e. The van der Waals surface area contributed by atoms with E-state index in [0.717, 1.165) is 19.0 Å². The molecule has 0 heterocycles. The van der Waals surface area contributed by atoms with E-state index in [-0.39, 0.29) is 0 Å². The third kappa shape index (κ3) is 5.64. The van der Waals surface area contributed by atoms with E-state index in [1.807, 2.05) is 14.1 Å². The van der Waals surface area contributed by atoms with Crippen molar-refractivity contribution in [3.05, 3.63) is 29.8 Å². The van der Waals surface area contributed by atoms with E-state index >= 15 is 0 Å². The Balaban J connectivity index is 2.46. The van der Waals surface area contributed by atoms with Crippen molar-refractivity contribution in [2.75, 3.05) is 32.6 Å². The van der Waals surface area contributed by atoms with Gasteiger partial charge in [-0.2, -0.15) is 0 Å². The maximum atomic E-state index is 4.21. The lowest BCUT2D eigenvalue weighted by Gasteiger charge is -2.15. The first kappa shape index (κ1) is 15.3. The maximum absolute atomic E-state index is 4.21. The van der Waals surface area contributed by atoms with Crippen molar-refractivity contribution in [2.24, 2.45) is 10.9 Å². The molecular weight excluding hydrogens is 236 g/mol. The van der Waals surface area contributed by atoms with Gasteiger partial charge in [-0.3, -0.25) is 4.99 Å². The molecule has 19 heavy (non-hydrogen) atoms. The Bertz CT molecular complexity index is 393. The molecule has 4 nitrogen and oxygen atoms in total. The second kappa shape index (κ2) is 7.67. The molecule has 1 aromatic rings. The van der Waals surface area contributed by atoms with Gasteiger partial charge >= 0.3 is 0 Å². The van der Waals surface area contributed by atoms with Crippen LogP contribution in [0.15, 0.2) is 29.3 Å². The summed E-state index contributed by atoms with van der Waals surface area (Å²) in [5, 5.41) is 6.61. The molecule has 1 rings (SSSR count). The first-order valence-corrected chi connectivity index (χ1v) is 6.73. The fraction of sp³-hybridized carbons (Fsp3) is 0.533. The highest BCUT2D eigenvalue weighted by Crippen LogP contribution is 2.11. The molecule has 0 bridgehead atoms. The van der Waals surface area contributed by atoms with Crippen LogP contribution in [0.2, 0.25) is 0 Å². The Morgan fingerprint density at radius 1 is 1.16 bits per heavy atom. The van der Waals surface area contributed by atoms with E-state index in [4.69, 9.17) is 0 Å². The van der Waals surface area contributed by atoms with Gasteiger partial charge in [0, 0.05) is 39.9 Å². The highest BCUT2D eigenvalue weighted by atomic mass is 15.2. The summed E-state index contributed by atoms with van der Waals surface area (Å²) in [6.45, 7) is 6.07. The van der Waals surface area contributed by atoms with E-state index < -0.39 is 0 Å². The topological polar surface area (TPSA) is 39.7 Å². The molecule has 0 aliphatic carbocycles. The molecule has 0 fully saturated rings. The summed E-state index contributed by atoms with van der Waals surface area (Å²) in [5.74, 6) is 1.46. The van der Waals surface area contributed by atoms with Gasteiger partial charge in [0.2, 0.25) is 0 Å². The molecule has 0 spiro atoms. The van der Waals surface area contributed by atoms with E-state index in [9.17, 15) is 0 Å². The Kier molecular flexibility index (Phi) is 6.19. The van der Waals surface area contributed by atoms with Gasteiger partial charge in [-0.1, -0.05) is 26.0 Å². The Morgan fingerprint density at radius 3 is 2.26 bits per heavy atom. The third-order valence-corrected chi connectivity index (χ3v) is 2.81. The van der Waals surface area contributed by atoms with Crippen molar-refractivity contribution in [3.8, 4) is 0 Å². The molecule has 2 N–H and O–H groups in total. The highest BCUT2D eigenvalue weighted by molar-refractivity contribution is 5.79. The van der Waals surface area contributed by atoms with Crippen LogP contribution in [0.25, 0.3) is 0 Å². The van der Waals surface area contributed by atoms with E-state index in [1.165, 1.54) is 11.3 Å². The fourth-order valence-corrected chi connectivity index (χ4v) is 1.62. The summed E-state index contributed by atoms with van der Waals surface area (Å²) in [5.41, 5.74) is 2.46. The van der Waals surface area contributed by atoms with Crippen LogP contribution in [-0.4, -0.2) is 33.6 Å². The molecule has 0 unspecified atom stereocenters. The average molecular weight is 262 g/mol. The molecule has 0 aliphatic rings. The molecule has 1 aromatic carbocycles. The zero-order valence-corrected chi connectivity index (χ0v) is 12.7. The van der Waals surface area contributed by atoms with Gasteiger partial charge in [0.25, 0.3) is 0 Å². The second-order valence-corrected chi connectivity index (χ2v) is 5.26. The van der Waals surface area contributed by atoms with Crippen molar-refractivity contribution in [1.29, 1.82) is 0 Å². The molecule has 0 amide bonds. The molecule has 0 saturated carbocycles. The van der Waals surface area contributed by atoms with Crippen molar-refractivity contribution < 1.29 is 0 Å². The molecule has 0 radical (unpaired) electrons. The van der Waals surface area contributed by atoms with Crippen molar-refractivity contribution in [2.45, 2.75) is 20.4 Å². The molecule has 106 valence electrons. The monoisotopic (exact) mass is 262 g/mol. The van der Waals surface area contributed by atoms with E-state index in [0.29, 0.717) is 5.92 Å². The molecule has 0 aliphatic heterocycles. The number of guanidine groups is 1. The van der Waals surface area contributed by atoms with Crippen LogP contribution < -0.4 is 15.5 Å². The highest BCUT2D eigenvalue weighted by Gasteiger charge is 2.00. The zero-order chi connectivity index (χ0) is 14.3. The summed E-state index contributed by atoms with van der Waals surface area (Å²) >= 11 is 0. The van der Waals surface area contributed by atoms with Crippen LogP contribution in [0.5, 0.6) is 0 Å². The minimum atomic E-state index is 0.609. The standard InChI is InChI=1S/C15H26N4/c1-12(2)10-17-15(16-3)18-11-13-6-8-14(9-7-13)19(4)5/h6-9,12H,10-11H2,1-5H3,(H2,16,17,18). The van der Waals surface area contributed by atoms with Gasteiger partial charge in [0.15, 0.2) is 5.96 Å². The van der Waals surface area contributed by atoms with Gasteiger partial charge in [0.05, 0.1) is 0 Å². The first-order chi connectivity index (χ1) is 9.02. The normalized spacial score (nSPS) is 11.6. The van der Waals surface area contributed by atoms with Gasteiger partial charge in [0.1, 0.15) is 0 Å². The van der Waals surface area contributed by atoms with Gasteiger partial charge in [-0.05, 0) is 23.6 Å². The number of benzene rings is 1. The fourth-order valence-electron chi connectivity index (χ4n) is 1.62. The van der Waals surface area contributed by atoms with Crippen LogP contribution >= 0.6 is 0 Å². The summed E-state index contributed by atoms with van der Waals surface area (Å²) < 4.78 is 0. The van der Waals surface area contributed by atoms with Crippen molar-refractivity contribution in [3.63, 3.8) is 0 Å². The SMILES string of the molecule is CN=C(NCc1ccc(N(C)C)cc1)NCC(C)C. The minimum Gasteiger partial charge on any atom is -0.378 e. The minimum absolute atomic E-state index is 0.609. The number of aliphatic imine (C=N–C) groups is 1. The predicted octanol–water partition coefficient (Wildman–Crippen LogP) is 2.07. The predicted molar refractivity (Wildman–Crippen MR) is 83.8 cm³/mol. The molecule has 0 atom stereocenters. The number of nitrogens with one attached hydrogen (secondary N) is 2. The zero-order valence-electron chi connectivity index (χ0n) is 12.7. The van der Waals surface area contributed by atoms with E-state index in [2.05, 4.69) is 58.6 Å². The number of hydrogen-bond acceptors (Lipinski definition) is 2. The molecular formula is C15H26N4. The van der Waals surface area contributed by atoms with Crippen LogP contribution in [0.4, 0.5) is 5.69 Å².